The molecule has 12 rings (SSSR count). The van der Waals surface area contributed by atoms with Gasteiger partial charge >= 0.3 is 0 Å². The van der Waals surface area contributed by atoms with Gasteiger partial charge in [0.2, 0.25) is 5.95 Å². The summed E-state index contributed by atoms with van der Waals surface area (Å²) in [6.07, 6.45) is 0. The van der Waals surface area contributed by atoms with Gasteiger partial charge in [-0.1, -0.05) is 157 Å². The Kier molecular flexibility index (Phi) is 4.67. The average Bonchev–Trinajstić information content (AvgIpc) is 3.91. The molecule has 9 aromatic carbocycles. The zero-order chi connectivity index (χ0) is 46.3. The van der Waals surface area contributed by atoms with Crippen molar-refractivity contribution in [3.63, 3.8) is 0 Å². The van der Waals surface area contributed by atoms with Crippen molar-refractivity contribution in [2.75, 3.05) is 0 Å². The summed E-state index contributed by atoms with van der Waals surface area (Å²) in [5.74, 6) is 0.123. The smallest absolute Gasteiger partial charge is 0.238 e. The third-order valence-electron chi connectivity index (χ3n) is 10.4. The number of fused-ring (bicyclic) bond motifs is 12. The molecule has 0 aliphatic rings. The molecule has 0 amide bonds. The summed E-state index contributed by atoms with van der Waals surface area (Å²) in [4.78, 5) is 15.1. The van der Waals surface area contributed by atoms with Crippen molar-refractivity contribution in [2.45, 2.75) is 0 Å². The lowest BCUT2D eigenvalue weighted by Crippen LogP contribution is -2.07. The highest BCUT2D eigenvalue weighted by molar-refractivity contribution is 6.26. The van der Waals surface area contributed by atoms with Gasteiger partial charge in [-0.25, -0.2) is 4.98 Å². The molecule has 3 heterocycles. The Morgan fingerprint density at radius 1 is 0.429 bits per heavy atom. The molecule has 0 saturated carbocycles. The van der Waals surface area contributed by atoms with Crippen LogP contribution in [0.2, 0.25) is 0 Å². The maximum absolute atomic E-state index is 9.98. The highest BCUT2D eigenvalue weighted by Crippen LogP contribution is 2.43. The van der Waals surface area contributed by atoms with Crippen molar-refractivity contribution in [3.8, 4) is 39.9 Å². The standard InChI is InChI=1S/C51H30N4O/c1-2-14-31(15-3-1)49-52-50(32-28-29-37-35-18-5-4-16-33(35)34-17-6-7-19-36(34)43(37)30-32)54-51(53-49)55-44-25-10-8-20-38(44)40-23-12-24-41(48(40)55)39-22-13-27-46-47(39)42-21-9-11-26-45(42)56-46/h1-30H/i4D,5D,6D,7D,16D,17D,18D,19D,28D,29D,30D. The molecule has 3 aromatic heterocycles. The van der Waals surface area contributed by atoms with Gasteiger partial charge in [0, 0.05) is 38.2 Å². The molecule has 0 aliphatic heterocycles. The van der Waals surface area contributed by atoms with Crippen LogP contribution in [0.1, 0.15) is 15.1 Å². The number of hydrogen-bond acceptors (Lipinski definition) is 4. The zero-order valence-corrected chi connectivity index (χ0v) is 29.2. The Bertz CT molecular complexity index is 4150. The van der Waals surface area contributed by atoms with Gasteiger partial charge in [0.25, 0.3) is 0 Å². The lowest BCUT2D eigenvalue weighted by molar-refractivity contribution is 0.669. The van der Waals surface area contributed by atoms with E-state index in [4.69, 9.17) is 29.0 Å². The molecule has 0 aliphatic carbocycles. The molecule has 260 valence electrons. The second-order valence-corrected chi connectivity index (χ2v) is 13.5. The van der Waals surface area contributed by atoms with Crippen molar-refractivity contribution in [1.82, 2.24) is 19.5 Å². The summed E-state index contributed by atoms with van der Waals surface area (Å²) in [7, 11) is 0. The average molecular weight is 726 g/mol. The predicted octanol–water partition coefficient (Wildman–Crippen LogP) is 13.3. The molecule has 56 heavy (non-hydrogen) atoms. The Labute approximate surface area is 336 Å². The SMILES string of the molecule is [2H]c1c([2H])c([2H])c2c(c1[2H])c1c([2H])c([2H])c([2H])c([2H])c1c1c([2H])c(-c3nc(-c4ccccc4)nc(-n4c5ccccc5c5cccc(-c6cccc7oc8ccccc8c67)c54)n3)c([2H])c([2H])c21. The third-order valence-corrected chi connectivity index (χ3v) is 10.4. The molecule has 0 unspecified atom stereocenters. The number of hydrogen-bond donors (Lipinski definition) is 0. The summed E-state index contributed by atoms with van der Waals surface area (Å²) in [6, 6.07) is 30.3. The van der Waals surface area contributed by atoms with Gasteiger partial charge in [0.05, 0.1) is 26.1 Å². The van der Waals surface area contributed by atoms with Crippen LogP contribution in [0.5, 0.6) is 0 Å². The first-order chi connectivity index (χ1) is 32.4. The van der Waals surface area contributed by atoms with Crippen molar-refractivity contribution in [2.24, 2.45) is 0 Å². The number of rotatable bonds is 4. The number of nitrogens with zero attached hydrogens (tertiary/aromatic N) is 4. The van der Waals surface area contributed by atoms with E-state index in [-0.39, 0.29) is 55.5 Å². The quantitative estimate of drug-likeness (QED) is 0.170. The molecule has 0 saturated heterocycles. The Balaban J connectivity index is 1.24. The molecule has 0 N–H and O–H groups in total. The Morgan fingerprint density at radius 3 is 1.80 bits per heavy atom. The van der Waals surface area contributed by atoms with Crippen LogP contribution in [0, 0.1) is 0 Å². The van der Waals surface area contributed by atoms with E-state index in [0.717, 1.165) is 49.3 Å². The summed E-state index contributed by atoms with van der Waals surface area (Å²) in [6.45, 7) is 0. The Hall–Kier alpha value is -7.63. The highest BCUT2D eigenvalue weighted by Gasteiger charge is 2.22. The van der Waals surface area contributed by atoms with Crippen LogP contribution in [0.15, 0.2) is 186 Å². The Morgan fingerprint density at radius 2 is 1.02 bits per heavy atom. The first kappa shape index (κ1) is 21.9. The number of aromatic nitrogens is 4. The van der Waals surface area contributed by atoms with Crippen LogP contribution in [-0.4, -0.2) is 19.5 Å². The molecular weight excluding hydrogens is 685 g/mol. The van der Waals surface area contributed by atoms with Gasteiger partial charge in [-0.2, -0.15) is 9.97 Å². The minimum absolute atomic E-state index is 0.122. The van der Waals surface area contributed by atoms with E-state index in [1.54, 1.807) is 0 Å². The summed E-state index contributed by atoms with van der Waals surface area (Å²) < 4.78 is 108. The second-order valence-electron chi connectivity index (χ2n) is 13.5. The summed E-state index contributed by atoms with van der Waals surface area (Å²) >= 11 is 0. The third kappa shape index (κ3) is 4.52. The minimum atomic E-state index is -0.642. The van der Waals surface area contributed by atoms with Crippen LogP contribution in [-0.2, 0) is 0 Å². The van der Waals surface area contributed by atoms with E-state index in [1.807, 2.05) is 120 Å². The summed E-state index contributed by atoms with van der Waals surface area (Å²) in [5.41, 5.74) is 5.01. The van der Waals surface area contributed by atoms with Crippen molar-refractivity contribution < 1.29 is 19.5 Å². The fourth-order valence-electron chi connectivity index (χ4n) is 8.00. The maximum Gasteiger partial charge on any atom is 0.238 e. The van der Waals surface area contributed by atoms with Crippen LogP contribution < -0.4 is 0 Å². The fourth-order valence-corrected chi connectivity index (χ4v) is 8.00. The van der Waals surface area contributed by atoms with E-state index < -0.39 is 66.5 Å². The van der Waals surface area contributed by atoms with Crippen molar-refractivity contribution >= 4 is 76.1 Å². The molecule has 5 heteroatoms. The van der Waals surface area contributed by atoms with Gasteiger partial charge in [0.15, 0.2) is 11.6 Å². The lowest BCUT2D eigenvalue weighted by atomic mass is 9.93. The van der Waals surface area contributed by atoms with Gasteiger partial charge < -0.3 is 4.42 Å². The molecule has 12 aromatic rings. The monoisotopic (exact) mass is 725 g/mol. The molecule has 0 radical (unpaired) electrons. The van der Waals surface area contributed by atoms with Gasteiger partial charge in [-0.15, -0.1) is 0 Å². The molecule has 5 nitrogen and oxygen atoms in total. The maximum atomic E-state index is 9.98. The predicted molar refractivity (Wildman–Crippen MR) is 230 cm³/mol. The van der Waals surface area contributed by atoms with Gasteiger partial charge in [-0.3, -0.25) is 4.57 Å². The van der Waals surface area contributed by atoms with E-state index in [9.17, 15) is 5.48 Å². The normalized spacial score (nSPS) is 14.7. The van der Waals surface area contributed by atoms with E-state index in [1.165, 1.54) is 0 Å². The van der Waals surface area contributed by atoms with Crippen LogP contribution in [0.4, 0.5) is 0 Å². The molecule has 0 atom stereocenters. The second kappa shape index (κ2) is 11.9. The number of furan rings is 1. The zero-order valence-electron chi connectivity index (χ0n) is 40.2. The fraction of sp³-hybridized carbons (Fsp3) is 0. The van der Waals surface area contributed by atoms with Crippen LogP contribution in [0.3, 0.4) is 0 Å². The van der Waals surface area contributed by atoms with E-state index in [2.05, 4.69) is 0 Å². The summed E-state index contributed by atoms with van der Waals surface area (Å²) in [5, 5.41) is 2.25. The largest absolute Gasteiger partial charge is 0.456 e. The minimum Gasteiger partial charge on any atom is -0.456 e. The topological polar surface area (TPSA) is 56.7 Å². The lowest BCUT2D eigenvalue weighted by Gasteiger charge is -2.14. The number of para-hydroxylation sites is 3. The highest BCUT2D eigenvalue weighted by atomic mass is 16.3. The van der Waals surface area contributed by atoms with Gasteiger partial charge in [-0.05, 0) is 62.1 Å². The number of benzene rings is 9. The van der Waals surface area contributed by atoms with Crippen molar-refractivity contribution in [3.05, 3.63) is 182 Å². The van der Waals surface area contributed by atoms with Crippen molar-refractivity contribution in [1.29, 1.82) is 0 Å². The van der Waals surface area contributed by atoms with E-state index >= 15 is 0 Å². The van der Waals surface area contributed by atoms with Crippen LogP contribution in [0.25, 0.3) is 116 Å². The first-order valence-corrected chi connectivity index (χ1v) is 18.0. The van der Waals surface area contributed by atoms with Crippen LogP contribution >= 0.6 is 0 Å². The molecule has 0 fully saturated rings. The first-order valence-electron chi connectivity index (χ1n) is 23.5. The molecule has 0 spiro atoms. The van der Waals surface area contributed by atoms with Gasteiger partial charge in [0.1, 0.15) is 11.2 Å². The molecule has 0 bridgehead atoms. The molecular formula is C51H30N4O. The van der Waals surface area contributed by atoms with E-state index in [0.29, 0.717) is 11.1 Å².